The predicted molar refractivity (Wildman–Crippen MR) is 105 cm³/mol. The molecule has 0 spiro atoms. The van der Waals surface area contributed by atoms with Crippen molar-refractivity contribution in [3.05, 3.63) is 43.1 Å². The molecule has 1 saturated heterocycles. The Bertz CT molecular complexity index is 1150. The number of fused-ring (bicyclic) bond motifs is 1. The minimum Gasteiger partial charge on any atom is -0.379 e. The van der Waals surface area contributed by atoms with Crippen molar-refractivity contribution in [2.24, 2.45) is 0 Å². The van der Waals surface area contributed by atoms with Crippen LogP contribution in [0.5, 0.6) is 0 Å². The molecule has 0 saturated carbocycles. The fourth-order valence-corrected chi connectivity index (χ4v) is 3.46. The molecule has 3 rings (SSSR count). The summed E-state index contributed by atoms with van der Waals surface area (Å²) in [7, 11) is -3.90. The Morgan fingerprint density at radius 3 is 2.59 bits per heavy atom. The number of benzene rings is 1. The van der Waals surface area contributed by atoms with Crippen molar-refractivity contribution in [2.45, 2.75) is 0 Å². The minimum atomic E-state index is -3.90. The van der Waals surface area contributed by atoms with Crippen LogP contribution in [0.2, 0.25) is 0 Å². The van der Waals surface area contributed by atoms with E-state index in [4.69, 9.17) is 4.74 Å². The highest BCUT2D eigenvalue weighted by Gasteiger charge is 2.20. The minimum absolute atomic E-state index is 0.0722. The number of nitro benzene ring substituents is 1. The zero-order chi connectivity index (χ0) is 21.2. The quantitative estimate of drug-likeness (QED) is 0.364. The topological polar surface area (TPSA) is 169 Å². The maximum Gasteiger partial charge on any atom is 0.348 e. The number of nitro groups is 1. The van der Waals surface area contributed by atoms with Crippen LogP contribution in [-0.2, 0) is 14.8 Å². The molecule has 1 aliphatic heterocycles. The van der Waals surface area contributed by atoms with Gasteiger partial charge in [0.15, 0.2) is 0 Å². The van der Waals surface area contributed by atoms with E-state index in [1.807, 2.05) is 4.83 Å². The van der Waals surface area contributed by atoms with Crippen LogP contribution in [0.3, 0.4) is 0 Å². The van der Waals surface area contributed by atoms with E-state index in [1.165, 1.54) is 6.07 Å². The number of hydrogen-bond donors (Lipinski definition) is 3. The van der Waals surface area contributed by atoms with Gasteiger partial charge in [-0.3, -0.25) is 19.8 Å². The fourth-order valence-electron chi connectivity index (χ4n) is 2.97. The van der Waals surface area contributed by atoms with Crippen molar-refractivity contribution in [1.82, 2.24) is 14.6 Å². The summed E-state index contributed by atoms with van der Waals surface area (Å²) in [4.78, 5) is 41.6. The van der Waals surface area contributed by atoms with Crippen LogP contribution >= 0.6 is 0 Å². The number of sulfonamides is 1. The van der Waals surface area contributed by atoms with Gasteiger partial charge in [0.1, 0.15) is 5.69 Å². The van der Waals surface area contributed by atoms with Gasteiger partial charge in [-0.15, -0.1) is 0 Å². The highest BCUT2D eigenvalue weighted by molar-refractivity contribution is 7.91. The summed E-state index contributed by atoms with van der Waals surface area (Å²) in [6.07, 6.45) is 0.789. The molecule has 0 unspecified atom stereocenters. The maximum atomic E-state index is 12.6. The molecule has 0 amide bonds. The summed E-state index contributed by atoms with van der Waals surface area (Å²) in [6.45, 7) is 3.75. The van der Waals surface area contributed by atoms with Gasteiger partial charge in [-0.05, 0) is 6.07 Å². The number of nitrogens with zero attached hydrogens (tertiary/aromatic N) is 3. The number of anilines is 1. The molecule has 0 aliphatic carbocycles. The lowest BCUT2D eigenvalue weighted by molar-refractivity contribution is -0.383. The van der Waals surface area contributed by atoms with Crippen molar-refractivity contribution in [1.29, 1.82) is 0 Å². The van der Waals surface area contributed by atoms with Crippen molar-refractivity contribution >= 4 is 32.3 Å². The lowest BCUT2D eigenvalue weighted by atomic mass is 10.2. The summed E-state index contributed by atoms with van der Waals surface area (Å²) in [6, 6.07) is 2.30. The first kappa shape index (κ1) is 20.8. The first-order chi connectivity index (χ1) is 13.7. The summed E-state index contributed by atoms with van der Waals surface area (Å²) >= 11 is 0. The van der Waals surface area contributed by atoms with E-state index in [-0.39, 0.29) is 22.3 Å². The zero-order valence-electron chi connectivity index (χ0n) is 15.5. The lowest BCUT2D eigenvalue weighted by Crippen LogP contribution is -2.43. The van der Waals surface area contributed by atoms with E-state index in [0.29, 0.717) is 31.0 Å². The Labute approximate surface area is 164 Å². The first-order valence-corrected chi connectivity index (χ1v) is 10.5. The molecular formula is C15H20N6O7S. The molecular weight excluding hydrogens is 408 g/mol. The molecule has 158 valence electrons. The van der Waals surface area contributed by atoms with Crippen LogP contribution in [0.15, 0.2) is 21.7 Å². The monoisotopic (exact) mass is 428 g/mol. The molecule has 3 N–H and O–H groups in total. The van der Waals surface area contributed by atoms with Crippen LogP contribution < -0.4 is 21.4 Å². The molecule has 1 aromatic heterocycles. The van der Waals surface area contributed by atoms with Crippen LogP contribution in [-0.4, -0.2) is 73.5 Å². The summed E-state index contributed by atoms with van der Waals surface area (Å²) in [5, 5.41) is 14.3. The van der Waals surface area contributed by atoms with E-state index in [9.17, 15) is 28.1 Å². The van der Waals surface area contributed by atoms with E-state index in [2.05, 4.69) is 15.2 Å². The van der Waals surface area contributed by atoms with Crippen LogP contribution in [0.25, 0.3) is 10.9 Å². The molecule has 13 nitrogen and oxygen atoms in total. The summed E-state index contributed by atoms with van der Waals surface area (Å²) in [5.41, 5.74) is -2.30. The predicted octanol–water partition coefficient (Wildman–Crippen LogP) is -1.15. The fraction of sp³-hybridized carbons (Fsp3) is 0.467. The first-order valence-electron chi connectivity index (χ1n) is 8.65. The number of rotatable bonds is 7. The molecule has 29 heavy (non-hydrogen) atoms. The van der Waals surface area contributed by atoms with Crippen molar-refractivity contribution < 1.29 is 18.1 Å². The second kappa shape index (κ2) is 8.18. The van der Waals surface area contributed by atoms with Gasteiger partial charge in [0, 0.05) is 32.2 Å². The SMILES string of the molecule is CS(=O)(=O)Nn1c(=O)[nH]c2cc([N+](=O)[O-])c(NCCN3CCOCC3)cc2c1=O. The van der Waals surface area contributed by atoms with Gasteiger partial charge >= 0.3 is 5.69 Å². The second-order valence-electron chi connectivity index (χ2n) is 6.49. The van der Waals surface area contributed by atoms with E-state index < -0.39 is 26.2 Å². The third-order valence-electron chi connectivity index (χ3n) is 4.32. The van der Waals surface area contributed by atoms with Crippen molar-refractivity contribution in [3.63, 3.8) is 0 Å². The highest BCUT2D eigenvalue weighted by Crippen LogP contribution is 2.27. The highest BCUT2D eigenvalue weighted by atomic mass is 32.2. The molecule has 0 radical (unpaired) electrons. The molecule has 1 fully saturated rings. The largest absolute Gasteiger partial charge is 0.379 e. The Balaban J connectivity index is 1.97. The Morgan fingerprint density at radius 2 is 1.97 bits per heavy atom. The Kier molecular flexibility index (Phi) is 5.86. The summed E-state index contributed by atoms with van der Waals surface area (Å²) < 4.78 is 28.4. The van der Waals surface area contributed by atoms with E-state index in [0.717, 1.165) is 25.4 Å². The smallest absolute Gasteiger partial charge is 0.348 e. The van der Waals surface area contributed by atoms with Crippen molar-refractivity contribution in [3.8, 4) is 0 Å². The van der Waals surface area contributed by atoms with Crippen LogP contribution in [0.1, 0.15) is 0 Å². The molecule has 0 bridgehead atoms. The van der Waals surface area contributed by atoms with Gasteiger partial charge in [0.2, 0.25) is 10.0 Å². The molecule has 2 heterocycles. The maximum absolute atomic E-state index is 12.6. The molecule has 14 heteroatoms. The van der Waals surface area contributed by atoms with Gasteiger partial charge in [-0.1, -0.05) is 0 Å². The number of ether oxygens (including phenoxy) is 1. The average molecular weight is 428 g/mol. The summed E-state index contributed by atoms with van der Waals surface area (Å²) in [5.74, 6) is 0. The average Bonchev–Trinajstić information content (AvgIpc) is 2.65. The number of morpholine rings is 1. The van der Waals surface area contributed by atoms with Gasteiger partial charge in [0.05, 0.1) is 35.3 Å². The third kappa shape index (κ3) is 4.90. The lowest BCUT2D eigenvalue weighted by Gasteiger charge is -2.26. The van der Waals surface area contributed by atoms with Gasteiger partial charge < -0.3 is 15.0 Å². The normalized spacial score (nSPS) is 15.3. The number of H-pyrrole nitrogens is 1. The number of hydrogen-bond acceptors (Lipinski definition) is 9. The number of aromatic nitrogens is 2. The molecule has 1 aliphatic rings. The Hall–Kier alpha value is -2.97. The number of nitrogens with one attached hydrogen (secondary N) is 3. The Morgan fingerprint density at radius 1 is 1.28 bits per heavy atom. The van der Waals surface area contributed by atoms with Gasteiger partial charge in [0.25, 0.3) is 11.2 Å². The standard InChI is InChI=1S/C15H20N6O7S/c1-29(26,27)18-20-14(22)10-8-12(16-2-3-19-4-6-28-7-5-19)13(21(24)25)9-11(10)17-15(20)23/h8-9,16,18H,2-7H2,1H3,(H,17,23). The van der Waals surface area contributed by atoms with Gasteiger partial charge in [-0.25, -0.2) is 18.0 Å². The third-order valence-corrected chi connectivity index (χ3v) is 4.83. The van der Waals surface area contributed by atoms with E-state index in [1.54, 1.807) is 0 Å². The van der Waals surface area contributed by atoms with E-state index >= 15 is 0 Å². The number of aromatic amines is 1. The van der Waals surface area contributed by atoms with Crippen LogP contribution in [0.4, 0.5) is 11.4 Å². The zero-order valence-corrected chi connectivity index (χ0v) is 16.3. The van der Waals surface area contributed by atoms with Crippen LogP contribution in [0, 0.1) is 10.1 Å². The molecule has 2 aromatic rings. The second-order valence-corrected chi connectivity index (χ2v) is 8.21. The van der Waals surface area contributed by atoms with Crippen molar-refractivity contribution in [2.75, 3.05) is 55.8 Å². The molecule has 0 atom stereocenters. The van der Waals surface area contributed by atoms with Gasteiger partial charge in [-0.2, -0.15) is 4.68 Å². The molecule has 1 aromatic carbocycles.